The largest absolute Gasteiger partial charge is 0.457 e. The van der Waals surface area contributed by atoms with E-state index < -0.39 is 12.0 Å². The van der Waals surface area contributed by atoms with E-state index in [1.807, 2.05) is 19.9 Å². The number of nitrogens with two attached hydrogens (primary N) is 1. The Bertz CT molecular complexity index is 483. The topological polar surface area (TPSA) is 61.6 Å². The minimum atomic E-state index is -0.594. The van der Waals surface area contributed by atoms with Crippen LogP contribution in [0.4, 0.5) is 0 Å². The molecular weight excluding hydrogens is 290 g/mol. The molecule has 0 aliphatic heterocycles. The van der Waals surface area contributed by atoms with Crippen LogP contribution in [-0.4, -0.2) is 18.8 Å². The van der Waals surface area contributed by atoms with E-state index in [0.717, 1.165) is 16.9 Å². The van der Waals surface area contributed by atoms with Gasteiger partial charge in [-0.15, -0.1) is 0 Å². The number of para-hydroxylation sites is 1. The molecule has 0 fully saturated rings. The van der Waals surface area contributed by atoms with Crippen LogP contribution in [0.15, 0.2) is 18.2 Å². The van der Waals surface area contributed by atoms with Gasteiger partial charge in [0.2, 0.25) is 6.79 Å². The van der Waals surface area contributed by atoms with Crippen molar-refractivity contribution in [3.05, 3.63) is 29.3 Å². The van der Waals surface area contributed by atoms with Gasteiger partial charge in [0.1, 0.15) is 11.8 Å². The molecule has 1 unspecified atom stereocenters. The minimum absolute atomic E-state index is 0.103. The molecule has 4 heteroatoms. The van der Waals surface area contributed by atoms with E-state index in [-0.39, 0.29) is 6.79 Å². The first-order chi connectivity index (χ1) is 10.7. The second-order valence-electron chi connectivity index (χ2n) is 7.04. The highest BCUT2D eigenvalue weighted by Gasteiger charge is 2.18. The van der Waals surface area contributed by atoms with Crippen LogP contribution in [-0.2, 0) is 9.53 Å². The van der Waals surface area contributed by atoms with Crippen LogP contribution < -0.4 is 10.5 Å². The van der Waals surface area contributed by atoms with Crippen LogP contribution in [0.3, 0.4) is 0 Å². The van der Waals surface area contributed by atoms with Crippen molar-refractivity contribution in [3.8, 4) is 5.75 Å². The second kappa shape index (κ2) is 8.92. The zero-order chi connectivity index (χ0) is 17.6. The number of benzene rings is 1. The normalized spacial score (nSPS) is 12.8. The molecule has 1 rings (SSSR count). The first-order valence-electron chi connectivity index (χ1n) is 8.41. The summed E-state index contributed by atoms with van der Waals surface area (Å²) >= 11 is 0. The van der Waals surface area contributed by atoms with Crippen molar-refractivity contribution >= 4 is 5.97 Å². The molecule has 0 aliphatic carbocycles. The van der Waals surface area contributed by atoms with Gasteiger partial charge in [-0.25, -0.2) is 0 Å². The SMILES string of the molecule is CC(C)CC(N)C(=O)OCOc1c(C(C)C)cccc1C(C)C. The summed E-state index contributed by atoms with van der Waals surface area (Å²) in [7, 11) is 0. The zero-order valence-corrected chi connectivity index (χ0v) is 15.3. The molecule has 0 aliphatic rings. The van der Waals surface area contributed by atoms with Gasteiger partial charge in [-0.2, -0.15) is 0 Å². The van der Waals surface area contributed by atoms with Gasteiger partial charge in [0.25, 0.3) is 0 Å². The lowest BCUT2D eigenvalue weighted by Crippen LogP contribution is -2.34. The van der Waals surface area contributed by atoms with Crippen LogP contribution >= 0.6 is 0 Å². The van der Waals surface area contributed by atoms with Crippen molar-refractivity contribution in [1.29, 1.82) is 0 Å². The average molecular weight is 321 g/mol. The summed E-state index contributed by atoms with van der Waals surface area (Å²) in [6.07, 6.45) is 0.610. The number of carbonyl (C=O) groups is 1. The summed E-state index contributed by atoms with van der Waals surface area (Å²) < 4.78 is 11.0. The monoisotopic (exact) mass is 321 g/mol. The average Bonchev–Trinajstić information content (AvgIpc) is 2.45. The number of esters is 1. The Morgan fingerprint density at radius 1 is 1.04 bits per heavy atom. The molecule has 0 radical (unpaired) electrons. The number of hydrogen-bond acceptors (Lipinski definition) is 4. The molecule has 1 aromatic carbocycles. The molecule has 2 N–H and O–H groups in total. The number of rotatable bonds is 8. The number of hydrogen-bond donors (Lipinski definition) is 1. The van der Waals surface area contributed by atoms with E-state index in [0.29, 0.717) is 24.2 Å². The highest BCUT2D eigenvalue weighted by molar-refractivity contribution is 5.75. The van der Waals surface area contributed by atoms with Gasteiger partial charge in [-0.1, -0.05) is 59.7 Å². The molecule has 0 saturated heterocycles. The quantitative estimate of drug-likeness (QED) is 0.576. The van der Waals surface area contributed by atoms with Crippen LogP contribution in [0.25, 0.3) is 0 Å². The number of carbonyl (C=O) groups excluding carboxylic acids is 1. The first kappa shape index (κ1) is 19.5. The molecule has 23 heavy (non-hydrogen) atoms. The lowest BCUT2D eigenvalue weighted by molar-refractivity contribution is -0.152. The Balaban J connectivity index is 2.75. The maximum absolute atomic E-state index is 11.9. The summed E-state index contributed by atoms with van der Waals surface area (Å²) in [5, 5.41) is 0. The molecule has 1 aromatic rings. The third-order valence-electron chi connectivity index (χ3n) is 3.75. The predicted octanol–water partition coefficient (Wildman–Crippen LogP) is 4.19. The van der Waals surface area contributed by atoms with Crippen LogP contribution in [0.2, 0.25) is 0 Å². The van der Waals surface area contributed by atoms with Crippen LogP contribution in [0, 0.1) is 5.92 Å². The van der Waals surface area contributed by atoms with Crippen molar-refractivity contribution in [2.24, 2.45) is 11.7 Å². The van der Waals surface area contributed by atoms with Crippen molar-refractivity contribution < 1.29 is 14.3 Å². The van der Waals surface area contributed by atoms with E-state index in [4.69, 9.17) is 15.2 Å². The fourth-order valence-electron chi connectivity index (χ4n) is 2.51. The molecule has 0 amide bonds. The van der Waals surface area contributed by atoms with Gasteiger partial charge < -0.3 is 15.2 Å². The maximum Gasteiger partial charge on any atom is 0.325 e. The second-order valence-corrected chi connectivity index (χ2v) is 7.04. The Morgan fingerprint density at radius 3 is 2.00 bits per heavy atom. The van der Waals surface area contributed by atoms with Gasteiger partial charge in [0.05, 0.1) is 0 Å². The van der Waals surface area contributed by atoms with Gasteiger partial charge in [0.15, 0.2) is 0 Å². The van der Waals surface area contributed by atoms with Crippen molar-refractivity contribution in [1.82, 2.24) is 0 Å². The Hall–Kier alpha value is -1.55. The summed E-state index contributed by atoms with van der Waals surface area (Å²) in [6.45, 7) is 12.4. The Morgan fingerprint density at radius 2 is 1.57 bits per heavy atom. The molecule has 1 atom stereocenters. The van der Waals surface area contributed by atoms with Crippen molar-refractivity contribution in [2.75, 3.05) is 6.79 Å². The van der Waals surface area contributed by atoms with Crippen LogP contribution in [0.5, 0.6) is 5.75 Å². The Kier molecular flexibility index (Phi) is 7.56. The van der Waals surface area contributed by atoms with E-state index in [1.54, 1.807) is 0 Å². The predicted molar refractivity (Wildman–Crippen MR) is 93.6 cm³/mol. The highest BCUT2D eigenvalue weighted by Crippen LogP contribution is 2.34. The smallest absolute Gasteiger partial charge is 0.325 e. The van der Waals surface area contributed by atoms with E-state index >= 15 is 0 Å². The third kappa shape index (κ3) is 5.87. The molecule has 0 bridgehead atoms. The van der Waals surface area contributed by atoms with Crippen molar-refractivity contribution in [3.63, 3.8) is 0 Å². The van der Waals surface area contributed by atoms with Crippen molar-refractivity contribution in [2.45, 2.75) is 65.8 Å². The first-order valence-corrected chi connectivity index (χ1v) is 8.41. The lowest BCUT2D eigenvalue weighted by atomic mass is 9.94. The highest BCUT2D eigenvalue weighted by atomic mass is 16.7. The van der Waals surface area contributed by atoms with Gasteiger partial charge in [0, 0.05) is 0 Å². The van der Waals surface area contributed by atoms with Gasteiger partial charge in [-0.05, 0) is 35.3 Å². The van der Waals surface area contributed by atoms with E-state index in [2.05, 4.69) is 39.8 Å². The van der Waals surface area contributed by atoms with E-state index in [9.17, 15) is 4.79 Å². The summed E-state index contributed by atoms with van der Waals surface area (Å²) in [5.74, 6) is 1.44. The van der Waals surface area contributed by atoms with Crippen LogP contribution in [0.1, 0.15) is 70.9 Å². The summed E-state index contributed by atoms with van der Waals surface area (Å²) in [5.41, 5.74) is 8.07. The standard InChI is InChI=1S/C19H31NO3/c1-12(2)10-17(20)19(21)23-11-22-18-15(13(3)4)8-7-9-16(18)14(5)6/h7-9,12-14,17H,10-11,20H2,1-6H3. The lowest BCUT2D eigenvalue weighted by Gasteiger charge is -2.20. The molecular formula is C19H31NO3. The zero-order valence-electron chi connectivity index (χ0n) is 15.3. The Labute approximate surface area is 140 Å². The fraction of sp³-hybridized carbons (Fsp3) is 0.632. The fourth-order valence-corrected chi connectivity index (χ4v) is 2.51. The van der Waals surface area contributed by atoms with E-state index in [1.165, 1.54) is 0 Å². The molecule has 0 spiro atoms. The molecule has 130 valence electrons. The number of ether oxygens (including phenoxy) is 2. The molecule has 0 aromatic heterocycles. The maximum atomic E-state index is 11.9. The minimum Gasteiger partial charge on any atom is -0.457 e. The summed E-state index contributed by atoms with van der Waals surface area (Å²) in [4.78, 5) is 11.9. The summed E-state index contributed by atoms with van der Waals surface area (Å²) in [6, 6.07) is 5.56. The van der Waals surface area contributed by atoms with Gasteiger partial charge in [-0.3, -0.25) is 4.79 Å². The van der Waals surface area contributed by atoms with Gasteiger partial charge >= 0.3 is 5.97 Å². The molecule has 0 heterocycles. The molecule has 0 saturated carbocycles. The molecule has 4 nitrogen and oxygen atoms in total. The third-order valence-corrected chi connectivity index (χ3v) is 3.75.